The average molecular weight is 526 g/mol. The highest BCUT2D eigenvalue weighted by Crippen LogP contribution is 2.37. The molecule has 2 aliphatic carbocycles. The number of hydrogen-bond donors (Lipinski definition) is 0. The van der Waals surface area contributed by atoms with Crippen LogP contribution in [0.25, 0.3) is 0 Å². The van der Waals surface area contributed by atoms with E-state index in [1.54, 1.807) is 12.4 Å². The standard InChI is InChI=1S/C26H12F6N4O2/c27-25(28,29)15-3-1-5-17(11-15)37-23-19-7-10-22(36-14-34)24(20(19)8-9-21(23)35-13-33)38-18-6-2-4-16(12-18)26(30,31)32/h1-12H. The molecule has 12 heteroatoms. The number of halogens is 6. The van der Waals surface area contributed by atoms with Gasteiger partial charge < -0.3 is 9.47 Å². The van der Waals surface area contributed by atoms with Gasteiger partial charge in [-0.25, -0.2) is 0 Å². The van der Waals surface area contributed by atoms with Crippen molar-refractivity contribution >= 4 is 11.4 Å². The average Bonchev–Trinajstić information content (AvgIpc) is 2.86. The van der Waals surface area contributed by atoms with Crippen molar-refractivity contribution in [1.82, 2.24) is 0 Å². The summed E-state index contributed by atoms with van der Waals surface area (Å²) in [6.07, 6.45) is -0.686. The van der Waals surface area contributed by atoms with Crippen LogP contribution in [0.2, 0.25) is 0 Å². The van der Waals surface area contributed by atoms with Crippen molar-refractivity contribution < 1.29 is 35.8 Å². The molecule has 4 rings (SSSR count). The van der Waals surface area contributed by atoms with E-state index in [2.05, 4.69) is 9.98 Å². The number of ether oxygens (including phenoxy) is 2. The number of fused-ring (bicyclic) bond motifs is 1. The molecule has 0 bridgehead atoms. The molecule has 0 unspecified atom stereocenters. The van der Waals surface area contributed by atoms with Crippen molar-refractivity contribution in [3.05, 3.63) is 107 Å². The Labute approximate surface area is 211 Å². The molecular formula is C26H12F6N4O2. The molecule has 2 aliphatic rings. The first-order chi connectivity index (χ1) is 18.0. The van der Waals surface area contributed by atoms with Gasteiger partial charge in [-0.05, 0) is 60.7 Å². The summed E-state index contributed by atoms with van der Waals surface area (Å²) in [4.78, 5) is 7.30. The Morgan fingerprint density at radius 1 is 0.605 bits per heavy atom. The topological polar surface area (TPSA) is 90.8 Å². The molecule has 0 amide bonds. The van der Waals surface area contributed by atoms with E-state index in [0.717, 1.165) is 36.4 Å². The minimum absolute atomic E-state index is 0.0348. The second-order valence-electron chi connectivity index (χ2n) is 7.60. The van der Waals surface area contributed by atoms with Crippen LogP contribution < -0.4 is 9.47 Å². The number of rotatable bonds is 4. The quantitative estimate of drug-likeness (QED) is 0.329. The Kier molecular flexibility index (Phi) is 6.91. The van der Waals surface area contributed by atoms with Gasteiger partial charge in [0.2, 0.25) is 12.4 Å². The third-order valence-electron chi connectivity index (χ3n) is 5.16. The Bertz CT molecular complexity index is 1440. The van der Waals surface area contributed by atoms with Crippen LogP contribution in [-0.4, -0.2) is 11.4 Å². The first-order valence-corrected chi connectivity index (χ1v) is 10.5. The van der Waals surface area contributed by atoms with Crippen molar-refractivity contribution in [2.45, 2.75) is 12.4 Å². The lowest BCUT2D eigenvalue weighted by Gasteiger charge is -2.24. The molecule has 6 nitrogen and oxygen atoms in total. The number of benzene rings is 2. The molecule has 38 heavy (non-hydrogen) atoms. The minimum atomic E-state index is -4.64. The van der Waals surface area contributed by atoms with Gasteiger partial charge in [-0.2, -0.15) is 46.9 Å². The van der Waals surface area contributed by atoms with Gasteiger partial charge in [0.1, 0.15) is 22.9 Å². The minimum Gasteiger partial charge on any atom is -0.454 e. The zero-order chi connectivity index (χ0) is 27.5. The highest BCUT2D eigenvalue weighted by atomic mass is 19.4. The van der Waals surface area contributed by atoms with E-state index in [1.165, 1.54) is 36.4 Å². The first kappa shape index (κ1) is 26.0. The number of allylic oxidation sites excluding steroid dienone is 6. The molecule has 0 heterocycles. The SMILES string of the molecule is N#CN=C1C=CC2=C(Oc3cccc(C(F)(F)F)c3)C(=NC#N)C=CC2=C1Oc1cccc(C(F)(F)F)c1. The van der Waals surface area contributed by atoms with Gasteiger partial charge in [0.15, 0.2) is 11.5 Å². The third-order valence-corrected chi connectivity index (χ3v) is 5.16. The van der Waals surface area contributed by atoms with Gasteiger partial charge in [0, 0.05) is 11.1 Å². The van der Waals surface area contributed by atoms with E-state index in [4.69, 9.17) is 20.0 Å². The number of aliphatic imine (C=N–C) groups is 2. The molecule has 0 aromatic heterocycles. The van der Waals surface area contributed by atoms with Crippen molar-refractivity contribution in [2.24, 2.45) is 9.98 Å². The van der Waals surface area contributed by atoms with E-state index in [0.29, 0.717) is 0 Å². The Morgan fingerprint density at radius 3 is 1.34 bits per heavy atom. The summed E-state index contributed by atoms with van der Waals surface area (Å²) < 4.78 is 90.7. The molecule has 0 atom stereocenters. The zero-order valence-electron chi connectivity index (χ0n) is 18.8. The van der Waals surface area contributed by atoms with Crippen molar-refractivity contribution in [3.8, 4) is 23.9 Å². The van der Waals surface area contributed by atoms with Crippen LogP contribution in [-0.2, 0) is 12.4 Å². The summed E-state index contributed by atoms with van der Waals surface area (Å²) in [5.74, 6) is -0.678. The summed E-state index contributed by atoms with van der Waals surface area (Å²) in [7, 11) is 0. The second kappa shape index (κ2) is 10.1. The Morgan fingerprint density at radius 2 is 1.00 bits per heavy atom. The summed E-state index contributed by atoms with van der Waals surface area (Å²) in [5.41, 5.74) is -1.66. The van der Waals surface area contributed by atoms with Crippen LogP contribution in [0.1, 0.15) is 11.1 Å². The fraction of sp³-hybridized carbons (Fsp3) is 0.0769. The lowest BCUT2D eigenvalue weighted by Crippen LogP contribution is -2.21. The van der Waals surface area contributed by atoms with Gasteiger partial charge in [0.05, 0.1) is 11.1 Å². The van der Waals surface area contributed by atoms with E-state index in [1.807, 2.05) is 0 Å². The Balaban J connectivity index is 1.85. The van der Waals surface area contributed by atoms with Gasteiger partial charge in [-0.15, -0.1) is 0 Å². The van der Waals surface area contributed by atoms with Crippen LogP contribution in [0, 0.1) is 22.9 Å². The molecule has 0 saturated heterocycles. The number of nitriles is 2. The maximum atomic E-state index is 13.2. The molecule has 0 N–H and O–H groups in total. The summed E-state index contributed by atoms with van der Waals surface area (Å²) in [6.45, 7) is 0. The fourth-order valence-corrected chi connectivity index (χ4v) is 3.53. The van der Waals surface area contributed by atoms with Crippen LogP contribution in [0.5, 0.6) is 11.5 Å². The molecule has 0 fully saturated rings. The lowest BCUT2D eigenvalue weighted by atomic mass is 9.90. The fourth-order valence-electron chi connectivity index (χ4n) is 3.53. The first-order valence-electron chi connectivity index (χ1n) is 10.5. The predicted molar refractivity (Wildman–Crippen MR) is 123 cm³/mol. The lowest BCUT2D eigenvalue weighted by molar-refractivity contribution is -0.138. The van der Waals surface area contributed by atoms with E-state index in [9.17, 15) is 26.3 Å². The zero-order valence-corrected chi connectivity index (χ0v) is 18.8. The van der Waals surface area contributed by atoms with Crippen molar-refractivity contribution in [2.75, 3.05) is 0 Å². The largest absolute Gasteiger partial charge is 0.454 e. The summed E-state index contributed by atoms with van der Waals surface area (Å²) in [6, 6.07) is 8.03. The van der Waals surface area contributed by atoms with Crippen LogP contribution in [0.4, 0.5) is 26.3 Å². The molecule has 0 aliphatic heterocycles. The highest BCUT2D eigenvalue weighted by Gasteiger charge is 2.33. The second-order valence-corrected chi connectivity index (χ2v) is 7.60. The van der Waals surface area contributed by atoms with Gasteiger partial charge >= 0.3 is 12.4 Å². The Hall–Kier alpha value is -5.10. The van der Waals surface area contributed by atoms with Crippen LogP contribution in [0.15, 0.2) is 105 Å². The molecule has 0 radical (unpaired) electrons. The molecule has 2 aromatic carbocycles. The number of alkyl halides is 6. The van der Waals surface area contributed by atoms with Crippen molar-refractivity contribution in [3.63, 3.8) is 0 Å². The van der Waals surface area contributed by atoms with Crippen molar-refractivity contribution in [1.29, 1.82) is 10.5 Å². The summed E-state index contributed by atoms with van der Waals surface area (Å²) in [5, 5.41) is 18.2. The van der Waals surface area contributed by atoms with E-state index in [-0.39, 0.29) is 45.6 Å². The van der Waals surface area contributed by atoms with E-state index >= 15 is 0 Å². The molecule has 190 valence electrons. The molecule has 0 spiro atoms. The van der Waals surface area contributed by atoms with E-state index < -0.39 is 23.5 Å². The monoisotopic (exact) mass is 526 g/mol. The van der Waals surface area contributed by atoms with Crippen LogP contribution >= 0.6 is 0 Å². The smallest absolute Gasteiger partial charge is 0.416 e. The molecular weight excluding hydrogens is 514 g/mol. The predicted octanol–water partition coefficient (Wildman–Crippen LogP) is 6.67. The molecule has 0 saturated carbocycles. The number of hydrogen-bond acceptors (Lipinski definition) is 6. The number of nitrogens with zero attached hydrogens (tertiary/aromatic N) is 4. The normalized spacial score (nSPS) is 17.4. The van der Waals surface area contributed by atoms with Gasteiger partial charge in [-0.1, -0.05) is 12.1 Å². The van der Waals surface area contributed by atoms with Gasteiger partial charge in [0.25, 0.3) is 0 Å². The van der Waals surface area contributed by atoms with Gasteiger partial charge in [-0.3, -0.25) is 0 Å². The maximum absolute atomic E-state index is 13.2. The molecule has 2 aromatic rings. The summed E-state index contributed by atoms with van der Waals surface area (Å²) >= 11 is 0. The third kappa shape index (κ3) is 5.50. The van der Waals surface area contributed by atoms with Crippen LogP contribution in [0.3, 0.4) is 0 Å². The highest BCUT2D eigenvalue weighted by molar-refractivity contribution is 6.15. The maximum Gasteiger partial charge on any atom is 0.416 e.